The third kappa shape index (κ3) is 5.73. The van der Waals surface area contributed by atoms with Gasteiger partial charge in [0.2, 0.25) is 5.91 Å². The molecule has 0 radical (unpaired) electrons. The predicted octanol–water partition coefficient (Wildman–Crippen LogP) is 3.88. The molecule has 2 aromatic carbocycles. The number of ether oxygens (including phenoxy) is 1. The molecule has 40 heavy (non-hydrogen) atoms. The number of pyridine rings is 1. The van der Waals surface area contributed by atoms with Crippen LogP contribution in [0.5, 0.6) is 5.75 Å². The van der Waals surface area contributed by atoms with Crippen LogP contribution in [0.1, 0.15) is 5.56 Å². The molecule has 1 aliphatic heterocycles. The van der Waals surface area contributed by atoms with Gasteiger partial charge in [-0.05, 0) is 48.0 Å². The van der Waals surface area contributed by atoms with E-state index < -0.39 is 0 Å². The summed E-state index contributed by atoms with van der Waals surface area (Å²) in [5, 5.41) is 13.1. The Labute approximate surface area is 233 Å². The molecule has 1 aliphatic rings. The van der Waals surface area contributed by atoms with Gasteiger partial charge in [0, 0.05) is 44.0 Å². The van der Waals surface area contributed by atoms with Gasteiger partial charge in [-0.3, -0.25) is 9.36 Å². The van der Waals surface area contributed by atoms with E-state index >= 15 is 0 Å². The minimum atomic E-state index is -0.0501. The number of hydrogen-bond acceptors (Lipinski definition) is 7. The number of para-hydroxylation sites is 2. The second-order valence-corrected chi connectivity index (χ2v) is 9.64. The summed E-state index contributed by atoms with van der Waals surface area (Å²) >= 11 is 0. The van der Waals surface area contributed by atoms with Gasteiger partial charge in [0.1, 0.15) is 18.2 Å². The molecule has 6 rings (SSSR count). The minimum Gasteiger partial charge on any atom is -0.492 e. The Balaban J connectivity index is 1.09. The number of benzene rings is 2. The fourth-order valence-corrected chi connectivity index (χ4v) is 5.01. The highest BCUT2D eigenvalue weighted by Gasteiger charge is 2.20. The highest BCUT2D eigenvalue weighted by atomic mass is 16.5. The second-order valence-electron chi connectivity index (χ2n) is 9.64. The van der Waals surface area contributed by atoms with Gasteiger partial charge in [0.15, 0.2) is 11.6 Å². The van der Waals surface area contributed by atoms with E-state index in [4.69, 9.17) is 4.74 Å². The van der Waals surface area contributed by atoms with Crippen molar-refractivity contribution in [3.8, 4) is 11.6 Å². The van der Waals surface area contributed by atoms with E-state index in [9.17, 15) is 4.79 Å². The van der Waals surface area contributed by atoms with Crippen molar-refractivity contribution in [2.45, 2.75) is 6.42 Å². The summed E-state index contributed by atoms with van der Waals surface area (Å²) in [6.45, 7) is 4.32. The molecule has 0 aliphatic carbocycles. The molecule has 3 aromatic heterocycles. The van der Waals surface area contributed by atoms with Crippen LogP contribution < -0.4 is 19.9 Å². The second kappa shape index (κ2) is 11.9. The molecule has 9 heteroatoms. The molecule has 0 bridgehead atoms. The molecule has 1 amide bonds. The summed E-state index contributed by atoms with van der Waals surface area (Å²) in [5.41, 5.74) is 1.93. The van der Waals surface area contributed by atoms with Gasteiger partial charge >= 0.3 is 0 Å². The average molecular weight is 534 g/mol. The maximum Gasteiger partial charge on any atom is 0.224 e. The summed E-state index contributed by atoms with van der Waals surface area (Å²) in [5.74, 6) is 3.32. The molecule has 5 aromatic rings. The lowest BCUT2D eigenvalue weighted by Crippen LogP contribution is -2.47. The van der Waals surface area contributed by atoms with Crippen LogP contribution >= 0.6 is 0 Å². The summed E-state index contributed by atoms with van der Waals surface area (Å²) in [7, 11) is 0. The standard InChI is InChI=1S/C31H31N7O2/c39-31(33-16-21-40-25-8-2-1-3-9-25)22-24-23-38(27-11-5-4-10-26(24)27)30-14-13-29(34-35-30)37-19-17-36(18-20-37)28-12-6-7-15-32-28/h1-15,23H,16-22H2,(H,33,39). The minimum absolute atomic E-state index is 0.0501. The number of amides is 1. The van der Waals surface area contributed by atoms with Crippen molar-refractivity contribution in [2.75, 3.05) is 49.1 Å². The third-order valence-corrected chi connectivity index (χ3v) is 7.04. The van der Waals surface area contributed by atoms with Gasteiger partial charge in [-0.15, -0.1) is 10.2 Å². The first-order valence-electron chi connectivity index (χ1n) is 13.5. The number of fused-ring (bicyclic) bond motifs is 1. The number of piperazine rings is 1. The Kier molecular flexibility index (Phi) is 7.52. The number of nitrogens with one attached hydrogen (secondary N) is 1. The fourth-order valence-electron chi connectivity index (χ4n) is 5.01. The number of carbonyl (C=O) groups excluding carboxylic acids is 1. The molecule has 1 fully saturated rings. The van der Waals surface area contributed by atoms with Crippen LogP contribution in [0.4, 0.5) is 11.6 Å². The Morgan fingerprint density at radius 3 is 2.23 bits per heavy atom. The SMILES string of the molecule is O=C(Cc1cn(-c2ccc(N3CCN(c4ccccn4)CC3)nn2)c2ccccc12)NCCOc1ccccc1. The van der Waals surface area contributed by atoms with Crippen molar-refractivity contribution in [1.82, 2.24) is 25.1 Å². The van der Waals surface area contributed by atoms with E-state index in [0.717, 1.165) is 65.8 Å². The summed E-state index contributed by atoms with van der Waals surface area (Å²) in [6, 6.07) is 27.7. The Morgan fingerprint density at radius 2 is 1.48 bits per heavy atom. The van der Waals surface area contributed by atoms with Crippen LogP contribution in [0.2, 0.25) is 0 Å². The molecule has 1 saturated heterocycles. The predicted molar refractivity (Wildman–Crippen MR) is 156 cm³/mol. The lowest BCUT2D eigenvalue weighted by atomic mass is 10.1. The first-order valence-corrected chi connectivity index (χ1v) is 13.5. The van der Waals surface area contributed by atoms with Crippen molar-refractivity contribution in [3.63, 3.8) is 0 Å². The number of rotatable bonds is 9. The molecular formula is C31H31N7O2. The third-order valence-electron chi connectivity index (χ3n) is 7.04. The zero-order valence-electron chi connectivity index (χ0n) is 22.2. The number of carbonyl (C=O) groups is 1. The normalized spacial score (nSPS) is 13.4. The Bertz CT molecular complexity index is 1550. The molecule has 0 unspecified atom stereocenters. The van der Waals surface area contributed by atoms with Crippen molar-refractivity contribution >= 4 is 28.4 Å². The Hall–Kier alpha value is -4.92. The summed E-state index contributed by atoms with van der Waals surface area (Å²) in [4.78, 5) is 21.7. The van der Waals surface area contributed by atoms with E-state index in [-0.39, 0.29) is 12.3 Å². The molecule has 202 valence electrons. The van der Waals surface area contributed by atoms with Crippen LogP contribution in [0, 0.1) is 0 Å². The molecule has 9 nitrogen and oxygen atoms in total. The van der Waals surface area contributed by atoms with Gasteiger partial charge < -0.3 is 19.9 Å². The zero-order chi connectivity index (χ0) is 27.1. The van der Waals surface area contributed by atoms with Gasteiger partial charge in [-0.1, -0.05) is 42.5 Å². The van der Waals surface area contributed by atoms with Crippen molar-refractivity contribution in [3.05, 3.63) is 103 Å². The lowest BCUT2D eigenvalue weighted by molar-refractivity contribution is -0.120. The summed E-state index contributed by atoms with van der Waals surface area (Å²) in [6.07, 6.45) is 4.09. The van der Waals surface area contributed by atoms with E-state index in [1.165, 1.54) is 0 Å². The number of aromatic nitrogens is 4. The molecule has 0 atom stereocenters. The van der Waals surface area contributed by atoms with Crippen LogP contribution in [0.15, 0.2) is 97.3 Å². The number of nitrogens with zero attached hydrogens (tertiary/aromatic N) is 6. The quantitative estimate of drug-likeness (QED) is 0.288. The Morgan fingerprint density at radius 1 is 0.775 bits per heavy atom. The van der Waals surface area contributed by atoms with E-state index in [1.807, 2.05) is 102 Å². The number of anilines is 2. The first kappa shape index (κ1) is 25.4. The van der Waals surface area contributed by atoms with Crippen LogP contribution in [0.25, 0.3) is 16.7 Å². The smallest absolute Gasteiger partial charge is 0.224 e. The lowest BCUT2D eigenvalue weighted by Gasteiger charge is -2.35. The van der Waals surface area contributed by atoms with E-state index in [2.05, 4.69) is 30.3 Å². The van der Waals surface area contributed by atoms with Gasteiger partial charge in [-0.2, -0.15) is 0 Å². The monoisotopic (exact) mass is 533 g/mol. The fraction of sp³-hybridized carbons (Fsp3) is 0.226. The van der Waals surface area contributed by atoms with Crippen LogP contribution in [0.3, 0.4) is 0 Å². The molecular weight excluding hydrogens is 502 g/mol. The van der Waals surface area contributed by atoms with Gasteiger partial charge in [0.05, 0.1) is 18.5 Å². The van der Waals surface area contributed by atoms with Crippen molar-refractivity contribution in [2.24, 2.45) is 0 Å². The number of hydrogen-bond donors (Lipinski definition) is 1. The van der Waals surface area contributed by atoms with Crippen molar-refractivity contribution in [1.29, 1.82) is 0 Å². The highest BCUT2D eigenvalue weighted by molar-refractivity contribution is 5.90. The average Bonchev–Trinajstić information content (AvgIpc) is 3.38. The van der Waals surface area contributed by atoms with Gasteiger partial charge in [0.25, 0.3) is 0 Å². The largest absolute Gasteiger partial charge is 0.492 e. The van der Waals surface area contributed by atoms with Crippen LogP contribution in [-0.4, -0.2) is 65.0 Å². The summed E-state index contributed by atoms with van der Waals surface area (Å²) < 4.78 is 7.68. The molecule has 4 heterocycles. The van der Waals surface area contributed by atoms with Crippen LogP contribution in [-0.2, 0) is 11.2 Å². The molecule has 1 N–H and O–H groups in total. The molecule has 0 saturated carbocycles. The zero-order valence-corrected chi connectivity index (χ0v) is 22.2. The maximum absolute atomic E-state index is 12.7. The van der Waals surface area contributed by atoms with E-state index in [0.29, 0.717) is 13.2 Å². The topological polar surface area (TPSA) is 88.4 Å². The molecule has 0 spiro atoms. The maximum atomic E-state index is 12.7. The first-order chi connectivity index (χ1) is 19.7. The van der Waals surface area contributed by atoms with Crippen molar-refractivity contribution < 1.29 is 9.53 Å². The van der Waals surface area contributed by atoms with E-state index in [1.54, 1.807) is 0 Å². The highest BCUT2D eigenvalue weighted by Crippen LogP contribution is 2.25. The van der Waals surface area contributed by atoms with Gasteiger partial charge in [-0.25, -0.2) is 4.98 Å².